The Labute approximate surface area is 113 Å². The van der Waals surface area contributed by atoms with Crippen molar-refractivity contribution in [3.05, 3.63) is 22.6 Å². The van der Waals surface area contributed by atoms with Gasteiger partial charge in [0.05, 0.1) is 5.02 Å². The van der Waals surface area contributed by atoms with Crippen molar-refractivity contribution in [2.75, 3.05) is 25.0 Å². The first kappa shape index (κ1) is 13.6. The number of aryl methyl sites for hydroxylation is 1. The van der Waals surface area contributed by atoms with E-state index in [0.29, 0.717) is 17.9 Å². The molecule has 0 saturated carbocycles. The second-order valence-electron chi connectivity index (χ2n) is 5.23. The zero-order valence-corrected chi connectivity index (χ0v) is 12.0. The molecule has 0 bridgehead atoms. The molecule has 1 fully saturated rings. The molecule has 1 aromatic rings. The maximum atomic E-state index is 13.6. The number of halogens is 2. The SMILES string of the molecule is Cc1cc(N2[C@@H](C)CN(C)C[C@@H]2C)nc(F)c1Cl. The van der Waals surface area contributed by atoms with Gasteiger partial charge in [-0.3, -0.25) is 0 Å². The first-order valence-electron chi connectivity index (χ1n) is 6.19. The molecule has 1 aliphatic heterocycles. The van der Waals surface area contributed by atoms with Crippen LogP contribution in [-0.4, -0.2) is 42.1 Å². The summed E-state index contributed by atoms with van der Waals surface area (Å²) in [6.07, 6.45) is 0. The van der Waals surface area contributed by atoms with Crippen LogP contribution in [0, 0.1) is 12.9 Å². The third-order valence-corrected chi connectivity index (χ3v) is 3.91. The van der Waals surface area contributed by atoms with Crippen LogP contribution < -0.4 is 4.90 Å². The fraction of sp³-hybridized carbons (Fsp3) is 0.615. The predicted molar refractivity (Wildman–Crippen MR) is 72.8 cm³/mol. The van der Waals surface area contributed by atoms with Crippen LogP contribution in [0.2, 0.25) is 5.02 Å². The minimum absolute atomic E-state index is 0.119. The monoisotopic (exact) mass is 271 g/mol. The Hall–Kier alpha value is -0.870. The maximum absolute atomic E-state index is 13.6. The number of piperazine rings is 1. The van der Waals surface area contributed by atoms with Gasteiger partial charge < -0.3 is 9.80 Å². The summed E-state index contributed by atoms with van der Waals surface area (Å²) >= 11 is 5.82. The number of aromatic nitrogens is 1. The second kappa shape index (κ2) is 5.02. The molecule has 0 amide bonds. The third-order valence-electron chi connectivity index (χ3n) is 3.45. The van der Waals surface area contributed by atoms with Gasteiger partial charge in [-0.15, -0.1) is 0 Å². The molecule has 0 N–H and O–H groups in total. The normalized spacial score (nSPS) is 25.6. The number of hydrogen-bond donors (Lipinski definition) is 0. The number of rotatable bonds is 1. The van der Waals surface area contributed by atoms with Crippen molar-refractivity contribution in [2.45, 2.75) is 32.9 Å². The molecule has 2 rings (SSSR count). The highest BCUT2D eigenvalue weighted by atomic mass is 35.5. The molecule has 1 aromatic heterocycles. The summed E-state index contributed by atoms with van der Waals surface area (Å²) in [5.41, 5.74) is 0.734. The van der Waals surface area contributed by atoms with E-state index in [0.717, 1.165) is 18.7 Å². The van der Waals surface area contributed by atoms with E-state index < -0.39 is 5.95 Å². The Morgan fingerprint density at radius 1 is 1.33 bits per heavy atom. The molecule has 2 heterocycles. The molecule has 100 valence electrons. The second-order valence-corrected chi connectivity index (χ2v) is 5.61. The molecule has 18 heavy (non-hydrogen) atoms. The Kier molecular flexibility index (Phi) is 3.78. The quantitative estimate of drug-likeness (QED) is 0.732. The van der Waals surface area contributed by atoms with E-state index in [4.69, 9.17) is 11.6 Å². The summed E-state index contributed by atoms with van der Waals surface area (Å²) in [4.78, 5) is 8.45. The van der Waals surface area contributed by atoms with Gasteiger partial charge in [0.1, 0.15) is 5.82 Å². The lowest BCUT2D eigenvalue weighted by Gasteiger charge is -2.44. The molecule has 1 aliphatic rings. The molecule has 0 radical (unpaired) electrons. The molecule has 0 aliphatic carbocycles. The third kappa shape index (κ3) is 2.45. The summed E-state index contributed by atoms with van der Waals surface area (Å²) in [6, 6.07) is 2.49. The molecule has 3 nitrogen and oxygen atoms in total. The number of likely N-dealkylation sites (N-methyl/N-ethyl adjacent to an activating group) is 1. The Morgan fingerprint density at radius 2 is 1.89 bits per heavy atom. The van der Waals surface area contributed by atoms with Crippen molar-refractivity contribution in [1.29, 1.82) is 0 Å². The summed E-state index contributed by atoms with van der Waals surface area (Å²) in [5, 5.41) is 0.119. The lowest BCUT2D eigenvalue weighted by molar-refractivity contribution is 0.238. The van der Waals surface area contributed by atoms with Crippen molar-refractivity contribution in [2.24, 2.45) is 0 Å². The lowest BCUT2D eigenvalue weighted by atomic mass is 10.1. The van der Waals surface area contributed by atoms with E-state index >= 15 is 0 Å². The molecular formula is C13H19ClFN3. The van der Waals surface area contributed by atoms with Gasteiger partial charge in [-0.25, -0.2) is 4.98 Å². The van der Waals surface area contributed by atoms with E-state index in [1.807, 2.05) is 13.0 Å². The van der Waals surface area contributed by atoms with Crippen molar-refractivity contribution in [3.63, 3.8) is 0 Å². The van der Waals surface area contributed by atoms with Crippen molar-refractivity contribution < 1.29 is 4.39 Å². The van der Waals surface area contributed by atoms with Crippen LogP contribution in [0.4, 0.5) is 10.2 Å². The van der Waals surface area contributed by atoms with Crippen LogP contribution in [0.1, 0.15) is 19.4 Å². The van der Waals surface area contributed by atoms with E-state index in [-0.39, 0.29) is 5.02 Å². The van der Waals surface area contributed by atoms with E-state index in [1.54, 1.807) is 0 Å². The topological polar surface area (TPSA) is 19.4 Å². The number of nitrogens with zero attached hydrogens (tertiary/aromatic N) is 3. The standard InChI is InChI=1S/C13H19ClFN3/c1-8-5-11(16-13(15)12(8)14)18-9(2)6-17(4)7-10(18)3/h5,9-10H,6-7H2,1-4H3/t9-,10-/m0/s1. The molecule has 1 saturated heterocycles. The van der Waals surface area contributed by atoms with Crippen LogP contribution in [0.25, 0.3) is 0 Å². The smallest absolute Gasteiger partial charge is 0.233 e. The summed E-state index contributed by atoms with van der Waals surface area (Å²) in [7, 11) is 2.10. The zero-order valence-electron chi connectivity index (χ0n) is 11.2. The maximum Gasteiger partial charge on any atom is 0.233 e. The molecule has 0 spiro atoms. The Balaban J connectivity index is 2.36. The van der Waals surface area contributed by atoms with E-state index in [9.17, 15) is 4.39 Å². The van der Waals surface area contributed by atoms with Crippen molar-refractivity contribution in [3.8, 4) is 0 Å². The molecule has 2 atom stereocenters. The van der Waals surface area contributed by atoms with Gasteiger partial charge in [0.15, 0.2) is 0 Å². The average Bonchev–Trinajstić information content (AvgIpc) is 2.24. The molecule has 0 unspecified atom stereocenters. The fourth-order valence-corrected chi connectivity index (χ4v) is 2.87. The van der Waals surface area contributed by atoms with Gasteiger partial charge in [0.2, 0.25) is 5.95 Å². The highest BCUT2D eigenvalue weighted by Gasteiger charge is 2.29. The summed E-state index contributed by atoms with van der Waals surface area (Å²) < 4.78 is 13.6. The highest BCUT2D eigenvalue weighted by Crippen LogP contribution is 2.27. The Morgan fingerprint density at radius 3 is 2.39 bits per heavy atom. The van der Waals surface area contributed by atoms with E-state index in [1.165, 1.54) is 0 Å². The highest BCUT2D eigenvalue weighted by molar-refractivity contribution is 6.31. The molecule has 5 heteroatoms. The van der Waals surface area contributed by atoms with Crippen molar-refractivity contribution in [1.82, 2.24) is 9.88 Å². The molecular weight excluding hydrogens is 253 g/mol. The van der Waals surface area contributed by atoms with E-state index in [2.05, 4.69) is 35.7 Å². The number of anilines is 1. The fourth-order valence-electron chi connectivity index (χ4n) is 2.77. The van der Waals surface area contributed by atoms with Gasteiger partial charge in [-0.1, -0.05) is 11.6 Å². The minimum atomic E-state index is -0.579. The predicted octanol–water partition coefficient (Wildman–Crippen LogP) is 2.71. The average molecular weight is 272 g/mol. The van der Waals surface area contributed by atoms with Gasteiger partial charge in [0, 0.05) is 25.2 Å². The first-order chi connectivity index (χ1) is 8.40. The van der Waals surface area contributed by atoms with Gasteiger partial charge in [0.25, 0.3) is 0 Å². The summed E-state index contributed by atoms with van der Waals surface area (Å²) in [5.74, 6) is 0.104. The molecule has 0 aromatic carbocycles. The van der Waals surface area contributed by atoms with Gasteiger partial charge in [-0.2, -0.15) is 4.39 Å². The van der Waals surface area contributed by atoms with Gasteiger partial charge >= 0.3 is 0 Å². The largest absolute Gasteiger partial charge is 0.349 e. The summed E-state index contributed by atoms with van der Waals surface area (Å²) in [6.45, 7) is 7.98. The minimum Gasteiger partial charge on any atom is -0.349 e. The zero-order chi connectivity index (χ0) is 13.4. The van der Waals surface area contributed by atoms with Crippen LogP contribution in [0.3, 0.4) is 0 Å². The van der Waals surface area contributed by atoms with Crippen LogP contribution in [0.15, 0.2) is 6.07 Å². The van der Waals surface area contributed by atoms with Crippen molar-refractivity contribution >= 4 is 17.4 Å². The number of pyridine rings is 1. The first-order valence-corrected chi connectivity index (χ1v) is 6.57. The lowest BCUT2D eigenvalue weighted by Crippen LogP contribution is -2.56. The van der Waals surface area contributed by atoms with Crippen LogP contribution in [-0.2, 0) is 0 Å². The van der Waals surface area contributed by atoms with Gasteiger partial charge in [-0.05, 0) is 39.4 Å². The van der Waals surface area contributed by atoms with Crippen LogP contribution >= 0.6 is 11.6 Å². The van der Waals surface area contributed by atoms with Crippen LogP contribution in [0.5, 0.6) is 0 Å². The Bertz CT molecular complexity index is 417. The number of hydrogen-bond acceptors (Lipinski definition) is 3.